The van der Waals surface area contributed by atoms with Gasteiger partial charge in [0.25, 0.3) is 10.0 Å². The Hall–Kier alpha value is -2.60. The summed E-state index contributed by atoms with van der Waals surface area (Å²) in [4.78, 5) is 2.87. The summed E-state index contributed by atoms with van der Waals surface area (Å²) in [5, 5.41) is 4.17. The molecule has 8 nitrogen and oxygen atoms in total. The van der Waals surface area contributed by atoms with Crippen LogP contribution in [0, 0.1) is 11.6 Å². The van der Waals surface area contributed by atoms with E-state index >= 15 is 0 Å². The molecule has 1 aromatic carbocycles. The van der Waals surface area contributed by atoms with Crippen molar-refractivity contribution in [1.82, 2.24) is 19.1 Å². The van der Waals surface area contributed by atoms with Crippen molar-refractivity contribution in [2.24, 2.45) is 7.05 Å². The van der Waals surface area contributed by atoms with Crippen molar-refractivity contribution in [2.45, 2.75) is 49.0 Å². The zero-order valence-corrected chi connectivity index (χ0v) is 18.3. The van der Waals surface area contributed by atoms with Gasteiger partial charge in [-0.1, -0.05) is 12.8 Å². The van der Waals surface area contributed by atoms with E-state index in [-0.39, 0.29) is 22.9 Å². The van der Waals surface area contributed by atoms with E-state index < -0.39 is 26.6 Å². The molecule has 1 N–H and O–H groups in total. The first-order chi connectivity index (χ1) is 14.8. The lowest BCUT2D eigenvalue weighted by Crippen LogP contribution is -2.26. The van der Waals surface area contributed by atoms with Gasteiger partial charge in [0.15, 0.2) is 11.6 Å². The molecule has 166 valence electrons. The summed E-state index contributed by atoms with van der Waals surface area (Å²) >= 11 is 0.784. The molecular weight excluding hydrogens is 448 g/mol. The van der Waals surface area contributed by atoms with Gasteiger partial charge >= 0.3 is 0 Å². The average molecular weight is 470 g/mol. The Labute approximate surface area is 182 Å². The molecule has 1 aliphatic carbocycles. The van der Waals surface area contributed by atoms with Crippen LogP contribution < -0.4 is 9.46 Å². The third-order valence-corrected chi connectivity index (χ3v) is 7.39. The first-order valence-corrected chi connectivity index (χ1v) is 12.0. The zero-order chi connectivity index (χ0) is 22.0. The minimum Gasteiger partial charge on any atom is -0.487 e. The van der Waals surface area contributed by atoms with Gasteiger partial charge in [0.05, 0.1) is 0 Å². The van der Waals surface area contributed by atoms with E-state index in [1.54, 1.807) is 10.9 Å². The quantitative estimate of drug-likeness (QED) is 0.551. The molecule has 0 unspecified atom stereocenters. The summed E-state index contributed by atoms with van der Waals surface area (Å²) < 4.78 is 67.8. The minimum atomic E-state index is -4.37. The summed E-state index contributed by atoms with van der Waals surface area (Å²) in [6.07, 6.45) is 6.92. The molecule has 1 saturated carbocycles. The fourth-order valence-corrected chi connectivity index (χ4v) is 5.59. The van der Waals surface area contributed by atoms with Crippen molar-refractivity contribution >= 4 is 26.7 Å². The van der Waals surface area contributed by atoms with Crippen molar-refractivity contribution in [1.29, 1.82) is 0 Å². The van der Waals surface area contributed by atoms with Crippen LogP contribution in [0.25, 0.3) is 0 Å². The average Bonchev–Trinajstić information content (AvgIpc) is 3.32. The molecule has 2 heterocycles. The maximum atomic E-state index is 14.8. The SMILES string of the molecule is Cn1nccc1[C@H]1CCCCC[C@@H]1Oc1cc(F)c(S(=O)(=O)Nc2ncns2)cc1F. The normalized spacial score (nSPS) is 19.7. The molecule has 1 aliphatic rings. The number of aromatic nitrogens is 4. The Morgan fingerprint density at radius 1 is 1.19 bits per heavy atom. The Kier molecular flexibility index (Phi) is 6.19. The lowest BCUT2D eigenvalue weighted by molar-refractivity contribution is 0.150. The van der Waals surface area contributed by atoms with Gasteiger partial charge in [-0.25, -0.2) is 22.2 Å². The number of hydrogen-bond donors (Lipinski definition) is 1. The summed E-state index contributed by atoms with van der Waals surface area (Å²) in [5.74, 6) is -2.41. The number of anilines is 1. The second-order valence-electron chi connectivity index (χ2n) is 7.35. The number of sulfonamides is 1. The molecule has 0 amide bonds. The van der Waals surface area contributed by atoms with Crippen LogP contribution >= 0.6 is 11.5 Å². The van der Waals surface area contributed by atoms with Crippen LogP contribution in [0.15, 0.2) is 35.6 Å². The topological polar surface area (TPSA) is 99.0 Å². The highest BCUT2D eigenvalue weighted by Gasteiger charge is 2.31. The van der Waals surface area contributed by atoms with Crippen molar-refractivity contribution < 1.29 is 21.9 Å². The van der Waals surface area contributed by atoms with Crippen LogP contribution in [0.5, 0.6) is 5.75 Å². The molecule has 0 saturated heterocycles. The fourth-order valence-electron chi connectivity index (χ4n) is 3.86. The Balaban J connectivity index is 1.61. The number of nitrogens with one attached hydrogen (secondary N) is 1. The van der Waals surface area contributed by atoms with Gasteiger partial charge in [-0.15, -0.1) is 0 Å². The number of hydrogen-bond acceptors (Lipinski definition) is 7. The largest absolute Gasteiger partial charge is 0.487 e. The van der Waals surface area contributed by atoms with Crippen molar-refractivity contribution in [3.63, 3.8) is 0 Å². The third-order valence-electron chi connectivity index (χ3n) is 5.33. The van der Waals surface area contributed by atoms with E-state index in [1.165, 1.54) is 0 Å². The number of rotatable bonds is 6. The van der Waals surface area contributed by atoms with Crippen LogP contribution in [-0.2, 0) is 17.1 Å². The number of halogens is 2. The van der Waals surface area contributed by atoms with Crippen LogP contribution in [-0.4, -0.2) is 33.7 Å². The first kappa shape index (κ1) is 21.6. The molecule has 0 aliphatic heterocycles. The van der Waals surface area contributed by atoms with E-state index in [4.69, 9.17) is 4.74 Å². The van der Waals surface area contributed by atoms with Crippen LogP contribution in [0.4, 0.5) is 13.9 Å². The highest BCUT2D eigenvalue weighted by molar-refractivity contribution is 7.93. The van der Waals surface area contributed by atoms with Crippen LogP contribution in [0.3, 0.4) is 0 Å². The van der Waals surface area contributed by atoms with Gasteiger partial charge in [-0.05, 0) is 25.3 Å². The first-order valence-electron chi connectivity index (χ1n) is 9.78. The standard InChI is InChI=1S/C19H21F2N5O3S2/c1-26-15(7-8-23-26)12-5-3-2-4-6-16(12)29-17-9-14(21)18(10-13(17)20)31(27,28)25-19-22-11-24-30-19/h7-12,16H,2-6H2,1H3,(H,22,24,25)/t12-,16+/m1/s1. The minimum absolute atomic E-state index is 0.0278. The highest BCUT2D eigenvalue weighted by Crippen LogP contribution is 2.36. The van der Waals surface area contributed by atoms with Gasteiger partial charge in [-0.2, -0.15) is 9.47 Å². The molecule has 12 heteroatoms. The second kappa shape index (κ2) is 8.87. The van der Waals surface area contributed by atoms with Gasteiger partial charge in [0.2, 0.25) is 5.13 Å². The second-order valence-corrected chi connectivity index (χ2v) is 9.78. The lowest BCUT2D eigenvalue weighted by Gasteiger charge is -2.26. The molecule has 1 fully saturated rings. The third kappa shape index (κ3) is 4.69. The van der Waals surface area contributed by atoms with Crippen molar-refractivity contribution in [2.75, 3.05) is 4.72 Å². The van der Waals surface area contributed by atoms with E-state index in [0.29, 0.717) is 12.5 Å². The predicted molar refractivity (Wildman–Crippen MR) is 111 cm³/mol. The summed E-state index contributed by atoms with van der Waals surface area (Å²) in [6, 6.07) is 3.32. The van der Waals surface area contributed by atoms with Gasteiger partial charge in [-0.3, -0.25) is 9.40 Å². The molecular formula is C19H21F2N5O3S2. The predicted octanol–water partition coefficient (Wildman–Crippen LogP) is 3.85. The van der Waals surface area contributed by atoms with Gasteiger partial charge in [0, 0.05) is 48.5 Å². The maximum Gasteiger partial charge on any atom is 0.266 e. The lowest BCUT2D eigenvalue weighted by atomic mass is 9.93. The zero-order valence-electron chi connectivity index (χ0n) is 16.7. The maximum absolute atomic E-state index is 14.8. The number of benzene rings is 1. The molecule has 2 atom stereocenters. The highest BCUT2D eigenvalue weighted by atomic mass is 32.2. The summed E-state index contributed by atoms with van der Waals surface area (Å²) in [5.41, 5.74) is 0.966. The molecule has 4 rings (SSSR count). The smallest absolute Gasteiger partial charge is 0.266 e. The molecule has 0 spiro atoms. The molecule has 0 bridgehead atoms. The molecule has 3 aromatic rings. The fraction of sp³-hybridized carbons (Fsp3) is 0.421. The van der Waals surface area contributed by atoms with E-state index in [9.17, 15) is 17.2 Å². The van der Waals surface area contributed by atoms with Gasteiger partial charge in [0.1, 0.15) is 23.1 Å². The Bertz CT molecular complexity index is 1150. The van der Waals surface area contributed by atoms with Crippen LogP contribution in [0.2, 0.25) is 0 Å². The molecule has 2 aromatic heterocycles. The van der Waals surface area contributed by atoms with Gasteiger partial charge < -0.3 is 4.74 Å². The number of aryl methyl sites for hydroxylation is 1. The number of ether oxygens (including phenoxy) is 1. The van der Waals surface area contributed by atoms with Crippen molar-refractivity contribution in [3.8, 4) is 5.75 Å². The molecule has 31 heavy (non-hydrogen) atoms. The van der Waals surface area contributed by atoms with E-state index in [2.05, 4.69) is 19.2 Å². The van der Waals surface area contributed by atoms with Crippen LogP contribution in [0.1, 0.15) is 43.7 Å². The summed E-state index contributed by atoms with van der Waals surface area (Å²) in [7, 11) is -2.53. The molecule has 0 radical (unpaired) electrons. The number of nitrogens with zero attached hydrogens (tertiary/aromatic N) is 4. The summed E-state index contributed by atoms with van der Waals surface area (Å²) in [6.45, 7) is 0. The van der Waals surface area contributed by atoms with E-state index in [0.717, 1.165) is 55.3 Å². The Morgan fingerprint density at radius 2 is 2.00 bits per heavy atom. The Morgan fingerprint density at radius 3 is 2.71 bits per heavy atom. The van der Waals surface area contributed by atoms with Crippen molar-refractivity contribution in [3.05, 3.63) is 48.1 Å². The monoisotopic (exact) mass is 469 g/mol. The van der Waals surface area contributed by atoms with E-state index in [1.807, 2.05) is 13.1 Å².